The van der Waals surface area contributed by atoms with Crippen molar-refractivity contribution in [2.24, 2.45) is 0 Å². The quantitative estimate of drug-likeness (QED) is 0.728. The third-order valence-corrected chi connectivity index (χ3v) is 3.62. The molecule has 0 atom stereocenters. The van der Waals surface area contributed by atoms with Gasteiger partial charge in [0.1, 0.15) is 0 Å². The molecule has 0 radical (unpaired) electrons. The van der Waals surface area contributed by atoms with E-state index in [9.17, 15) is 0 Å². The average molecular weight is 270 g/mol. The number of H-pyrrole nitrogens is 1. The largest absolute Gasteiger partial charge is 0.329 e. The summed E-state index contributed by atoms with van der Waals surface area (Å²) in [7, 11) is 0. The highest BCUT2D eigenvalue weighted by Crippen LogP contribution is 2.17. The van der Waals surface area contributed by atoms with E-state index in [2.05, 4.69) is 27.9 Å². The standard InChI is InChI=1S/C14H14N4S/c1-9-4-3-6-15-11(9)8-18-13-12(17-14(18)19)10(2)5-7-16-13/h3-7H,8H2,1-2H3,(H,17,19). The number of pyridine rings is 2. The van der Waals surface area contributed by atoms with Crippen molar-refractivity contribution in [3.63, 3.8) is 0 Å². The van der Waals surface area contributed by atoms with Gasteiger partial charge in [-0.25, -0.2) is 4.98 Å². The topological polar surface area (TPSA) is 46.5 Å². The lowest BCUT2D eigenvalue weighted by atomic mass is 10.2. The fourth-order valence-electron chi connectivity index (χ4n) is 2.15. The van der Waals surface area contributed by atoms with Crippen LogP contribution < -0.4 is 0 Å². The van der Waals surface area contributed by atoms with Gasteiger partial charge < -0.3 is 4.98 Å². The van der Waals surface area contributed by atoms with Gasteiger partial charge in [0.25, 0.3) is 0 Å². The predicted octanol–water partition coefficient (Wildman–Crippen LogP) is 3.15. The molecule has 0 fully saturated rings. The van der Waals surface area contributed by atoms with E-state index in [4.69, 9.17) is 12.2 Å². The normalized spacial score (nSPS) is 11.1. The zero-order valence-corrected chi connectivity index (χ0v) is 11.7. The SMILES string of the molecule is Cc1cccnc1Cn1c(=S)[nH]c2c(C)ccnc21. The molecule has 0 aromatic carbocycles. The number of hydrogen-bond donors (Lipinski definition) is 1. The molecule has 0 spiro atoms. The van der Waals surface area contributed by atoms with Crippen molar-refractivity contribution >= 4 is 23.4 Å². The summed E-state index contributed by atoms with van der Waals surface area (Å²) in [6, 6.07) is 5.97. The van der Waals surface area contributed by atoms with Gasteiger partial charge in [0.05, 0.1) is 17.8 Å². The summed E-state index contributed by atoms with van der Waals surface area (Å²) >= 11 is 5.39. The highest BCUT2D eigenvalue weighted by molar-refractivity contribution is 7.71. The average Bonchev–Trinajstić information content (AvgIpc) is 2.71. The Labute approximate surface area is 116 Å². The van der Waals surface area contributed by atoms with Crippen molar-refractivity contribution in [1.29, 1.82) is 0 Å². The van der Waals surface area contributed by atoms with Crippen molar-refractivity contribution in [3.8, 4) is 0 Å². The Balaban J connectivity index is 2.16. The predicted molar refractivity (Wildman–Crippen MR) is 77.7 cm³/mol. The Morgan fingerprint density at radius 2 is 2.00 bits per heavy atom. The minimum atomic E-state index is 0.641. The number of nitrogens with one attached hydrogen (secondary N) is 1. The van der Waals surface area contributed by atoms with Gasteiger partial charge in [-0.1, -0.05) is 6.07 Å². The number of imidazole rings is 1. The van der Waals surface area contributed by atoms with E-state index < -0.39 is 0 Å². The molecule has 0 bridgehead atoms. The number of hydrogen-bond acceptors (Lipinski definition) is 3. The van der Waals surface area contributed by atoms with Crippen LogP contribution in [0.5, 0.6) is 0 Å². The molecule has 3 aromatic rings. The van der Waals surface area contributed by atoms with Crippen LogP contribution in [-0.4, -0.2) is 19.5 Å². The number of aromatic amines is 1. The van der Waals surface area contributed by atoms with Crippen molar-refractivity contribution < 1.29 is 0 Å². The number of aryl methyl sites for hydroxylation is 2. The Morgan fingerprint density at radius 3 is 2.79 bits per heavy atom. The molecule has 0 aliphatic heterocycles. The minimum Gasteiger partial charge on any atom is -0.329 e. The van der Waals surface area contributed by atoms with E-state index in [1.165, 1.54) is 0 Å². The first-order chi connectivity index (χ1) is 9.16. The van der Waals surface area contributed by atoms with Crippen LogP contribution in [0.1, 0.15) is 16.8 Å². The Kier molecular flexibility index (Phi) is 2.91. The van der Waals surface area contributed by atoms with Gasteiger partial charge in [-0.05, 0) is 49.3 Å². The Morgan fingerprint density at radius 1 is 1.16 bits per heavy atom. The van der Waals surface area contributed by atoms with E-state index in [1.54, 1.807) is 6.20 Å². The van der Waals surface area contributed by atoms with Gasteiger partial charge in [-0.3, -0.25) is 9.55 Å². The van der Waals surface area contributed by atoms with Crippen LogP contribution in [-0.2, 0) is 6.54 Å². The van der Waals surface area contributed by atoms with Crippen molar-refractivity contribution in [3.05, 3.63) is 52.2 Å². The van der Waals surface area contributed by atoms with Crippen LogP contribution >= 0.6 is 12.2 Å². The molecule has 19 heavy (non-hydrogen) atoms. The molecule has 0 saturated heterocycles. The highest BCUT2D eigenvalue weighted by Gasteiger charge is 2.09. The fourth-order valence-corrected chi connectivity index (χ4v) is 2.41. The molecule has 3 heterocycles. The molecule has 0 aliphatic rings. The van der Waals surface area contributed by atoms with E-state index in [-0.39, 0.29) is 0 Å². The van der Waals surface area contributed by atoms with Gasteiger partial charge in [0.15, 0.2) is 10.4 Å². The number of fused-ring (bicyclic) bond motifs is 1. The summed E-state index contributed by atoms with van der Waals surface area (Å²) in [6.45, 7) is 4.74. The Hall–Kier alpha value is -2.01. The third kappa shape index (κ3) is 2.06. The lowest BCUT2D eigenvalue weighted by Gasteiger charge is -2.06. The monoisotopic (exact) mass is 270 g/mol. The maximum Gasteiger partial charge on any atom is 0.179 e. The van der Waals surface area contributed by atoms with Gasteiger partial charge in [0, 0.05) is 12.4 Å². The van der Waals surface area contributed by atoms with Crippen LogP contribution in [0, 0.1) is 18.6 Å². The molecule has 5 heteroatoms. The number of nitrogens with zero attached hydrogens (tertiary/aromatic N) is 3. The second-order valence-electron chi connectivity index (χ2n) is 4.61. The van der Waals surface area contributed by atoms with Gasteiger partial charge in [0.2, 0.25) is 0 Å². The highest BCUT2D eigenvalue weighted by atomic mass is 32.1. The zero-order chi connectivity index (χ0) is 13.4. The summed E-state index contributed by atoms with van der Waals surface area (Å²) in [5.74, 6) is 0. The third-order valence-electron chi connectivity index (χ3n) is 3.30. The molecular formula is C14H14N4S. The second kappa shape index (κ2) is 4.59. The molecular weight excluding hydrogens is 256 g/mol. The van der Waals surface area contributed by atoms with E-state index in [0.29, 0.717) is 11.3 Å². The molecule has 1 N–H and O–H groups in total. The van der Waals surface area contributed by atoms with Crippen LogP contribution in [0.25, 0.3) is 11.2 Å². The van der Waals surface area contributed by atoms with Gasteiger partial charge in [-0.2, -0.15) is 0 Å². The van der Waals surface area contributed by atoms with Crippen LogP contribution in [0.4, 0.5) is 0 Å². The molecule has 0 aliphatic carbocycles. The van der Waals surface area contributed by atoms with Crippen molar-refractivity contribution in [2.75, 3.05) is 0 Å². The molecule has 0 unspecified atom stereocenters. The lowest BCUT2D eigenvalue weighted by molar-refractivity contribution is 0.770. The molecule has 0 amide bonds. The van der Waals surface area contributed by atoms with Crippen LogP contribution in [0.3, 0.4) is 0 Å². The lowest BCUT2D eigenvalue weighted by Crippen LogP contribution is -2.04. The Bertz CT molecular complexity index is 801. The fraction of sp³-hybridized carbons (Fsp3) is 0.214. The molecule has 96 valence electrons. The van der Waals surface area contributed by atoms with E-state index in [1.807, 2.05) is 29.8 Å². The van der Waals surface area contributed by atoms with Gasteiger partial charge >= 0.3 is 0 Å². The smallest absolute Gasteiger partial charge is 0.179 e. The van der Waals surface area contributed by atoms with Gasteiger partial charge in [-0.15, -0.1) is 0 Å². The van der Waals surface area contributed by atoms with E-state index >= 15 is 0 Å². The van der Waals surface area contributed by atoms with Crippen LogP contribution in [0.2, 0.25) is 0 Å². The minimum absolute atomic E-state index is 0.641. The summed E-state index contributed by atoms with van der Waals surface area (Å²) in [4.78, 5) is 12.1. The van der Waals surface area contributed by atoms with Crippen molar-refractivity contribution in [1.82, 2.24) is 19.5 Å². The molecule has 0 saturated carbocycles. The van der Waals surface area contributed by atoms with Crippen molar-refractivity contribution in [2.45, 2.75) is 20.4 Å². The number of aromatic nitrogens is 4. The second-order valence-corrected chi connectivity index (χ2v) is 5.00. The molecule has 4 nitrogen and oxygen atoms in total. The first-order valence-electron chi connectivity index (χ1n) is 6.11. The van der Waals surface area contributed by atoms with E-state index in [0.717, 1.165) is 28.0 Å². The first-order valence-corrected chi connectivity index (χ1v) is 6.52. The summed E-state index contributed by atoms with van der Waals surface area (Å²) < 4.78 is 2.68. The summed E-state index contributed by atoms with van der Waals surface area (Å²) in [5.41, 5.74) is 5.21. The first kappa shape index (κ1) is 12.0. The van der Waals surface area contributed by atoms with Crippen LogP contribution in [0.15, 0.2) is 30.6 Å². The molecule has 3 aromatic heterocycles. The number of rotatable bonds is 2. The zero-order valence-electron chi connectivity index (χ0n) is 10.8. The summed E-state index contributed by atoms with van der Waals surface area (Å²) in [6.07, 6.45) is 3.61. The summed E-state index contributed by atoms with van der Waals surface area (Å²) in [5, 5.41) is 0. The maximum absolute atomic E-state index is 5.39. The molecule has 3 rings (SSSR count). The maximum atomic E-state index is 5.39.